The molecule has 1 aromatic carbocycles. The van der Waals surface area contributed by atoms with Gasteiger partial charge in [-0.1, -0.05) is 22.0 Å². The molecule has 84 valence electrons. The Hall–Kier alpha value is -0.810. The number of alkyl halides is 1. The number of rotatable bonds is 2. The first kappa shape index (κ1) is 11.7. The molecule has 1 heterocycles. The minimum Gasteiger partial charge on any atom is -0.207 e. The first-order chi connectivity index (χ1) is 7.59. The highest BCUT2D eigenvalue weighted by Crippen LogP contribution is 2.35. The lowest BCUT2D eigenvalue weighted by atomic mass is 10.1. The number of hydrogen-bond donors (Lipinski definition) is 0. The Morgan fingerprint density at radius 2 is 1.75 bits per heavy atom. The van der Waals surface area contributed by atoms with Gasteiger partial charge < -0.3 is 0 Å². The van der Waals surface area contributed by atoms with Crippen LogP contribution in [0.2, 0.25) is 0 Å². The maximum Gasteiger partial charge on any atom is 0.161 e. The van der Waals surface area contributed by atoms with Crippen molar-refractivity contribution in [3.05, 3.63) is 57.5 Å². The SMILES string of the molecule is Fc1cc(F)c(C(Br)c2cccs2)cc1F. The minimum absolute atomic E-state index is 0.0985. The lowest BCUT2D eigenvalue weighted by molar-refractivity contribution is 0.491. The zero-order valence-corrected chi connectivity index (χ0v) is 10.3. The highest BCUT2D eigenvalue weighted by Gasteiger charge is 2.18. The summed E-state index contributed by atoms with van der Waals surface area (Å²) in [6.07, 6.45) is 0. The second kappa shape index (κ2) is 4.59. The first-order valence-electron chi connectivity index (χ1n) is 4.41. The molecule has 0 aliphatic carbocycles. The van der Waals surface area contributed by atoms with Crippen LogP contribution >= 0.6 is 27.3 Å². The molecule has 5 heteroatoms. The average molecular weight is 307 g/mol. The predicted octanol–water partition coefficient (Wildman–Crippen LogP) is 4.65. The summed E-state index contributed by atoms with van der Waals surface area (Å²) in [6, 6.07) is 5.05. The van der Waals surface area contributed by atoms with Crippen LogP contribution in [-0.4, -0.2) is 0 Å². The molecule has 2 aromatic rings. The van der Waals surface area contributed by atoms with Crippen LogP contribution in [0.15, 0.2) is 29.6 Å². The van der Waals surface area contributed by atoms with Gasteiger partial charge in [0, 0.05) is 16.5 Å². The van der Waals surface area contributed by atoms with Gasteiger partial charge in [0.15, 0.2) is 11.6 Å². The second-order valence-electron chi connectivity index (χ2n) is 3.17. The summed E-state index contributed by atoms with van der Waals surface area (Å²) in [7, 11) is 0. The number of halogens is 4. The molecule has 0 spiro atoms. The van der Waals surface area contributed by atoms with E-state index >= 15 is 0 Å². The highest BCUT2D eigenvalue weighted by molar-refractivity contribution is 9.09. The van der Waals surface area contributed by atoms with Gasteiger partial charge in [0.2, 0.25) is 0 Å². The van der Waals surface area contributed by atoms with Gasteiger partial charge in [-0.3, -0.25) is 0 Å². The Labute approximate surface area is 103 Å². The van der Waals surface area contributed by atoms with E-state index in [2.05, 4.69) is 15.9 Å². The predicted molar refractivity (Wildman–Crippen MR) is 61.4 cm³/mol. The lowest BCUT2D eigenvalue weighted by Crippen LogP contribution is -1.98. The Morgan fingerprint density at radius 1 is 1.06 bits per heavy atom. The van der Waals surface area contributed by atoms with Gasteiger partial charge in [0.1, 0.15) is 5.82 Å². The molecular formula is C11H6BrF3S. The van der Waals surface area contributed by atoms with Gasteiger partial charge in [-0.25, -0.2) is 13.2 Å². The van der Waals surface area contributed by atoms with Crippen LogP contribution in [-0.2, 0) is 0 Å². The molecule has 0 aliphatic rings. The summed E-state index contributed by atoms with van der Waals surface area (Å²) in [5, 5.41) is 1.83. The fourth-order valence-corrected chi connectivity index (χ4v) is 2.87. The molecule has 16 heavy (non-hydrogen) atoms. The lowest BCUT2D eigenvalue weighted by Gasteiger charge is -2.09. The minimum atomic E-state index is -1.17. The Morgan fingerprint density at radius 3 is 2.38 bits per heavy atom. The van der Waals surface area contributed by atoms with Gasteiger partial charge in [0.25, 0.3) is 0 Å². The summed E-state index contributed by atoms with van der Waals surface area (Å²) in [5.41, 5.74) is 0.0985. The van der Waals surface area contributed by atoms with Gasteiger partial charge in [-0.2, -0.15) is 0 Å². The maximum atomic E-state index is 13.4. The number of benzene rings is 1. The van der Waals surface area contributed by atoms with Gasteiger partial charge in [0.05, 0.1) is 4.83 Å². The van der Waals surface area contributed by atoms with Crippen LogP contribution in [0.5, 0.6) is 0 Å². The molecule has 0 aliphatic heterocycles. The normalized spacial score (nSPS) is 12.8. The van der Waals surface area contributed by atoms with E-state index in [-0.39, 0.29) is 5.56 Å². The summed E-state index contributed by atoms with van der Waals surface area (Å²) >= 11 is 4.68. The molecule has 0 bridgehead atoms. The Kier molecular flexibility index (Phi) is 3.35. The van der Waals surface area contributed by atoms with Crippen LogP contribution < -0.4 is 0 Å². The first-order valence-corrected chi connectivity index (χ1v) is 6.21. The fourth-order valence-electron chi connectivity index (χ4n) is 1.32. The van der Waals surface area contributed by atoms with E-state index < -0.39 is 22.3 Å². The molecule has 0 N–H and O–H groups in total. The van der Waals surface area contributed by atoms with Crippen molar-refractivity contribution in [3.8, 4) is 0 Å². The van der Waals surface area contributed by atoms with Crippen molar-refractivity contribution < 1.29 is 13.2 Å². The molecule has 0 amide bonds. The summed E-state index contributed by atoms with van der Waals surface area (Å²) < 4.78 is 39.2. The van der Waals surface area contributed by atoms with Crippen LogP contribution in [0.3, 0.4) is 0 Å². The quantitative estimate of drug-likeness (QED) is 0.559. The average Bonchev–Trinajstić information content (AvgIpc) is 2.75. The zero-order valence-electron chi connectivity index (χ0n) is 7.88. The van der Waals surface area contributed by atoms with Crippen molar-refractivity contribution in [1.82, 2.24) is 0 Å². The molecule has 0 fully saturated rings. The Balaban J connectivity index is 2.44. The molecule has 1 atom stereocenters. The summed E-state index contributed by atoms with van der Waals surface area (Å²) in [5.74, 6) is -2.97. The molecule has 0 saturated heterocycles. The zero-order chi connectivity index (χ0) is 11.7. The second-order valence-corrected chi connectivity index (χ2v) is 5.06. The van der Waals surface area contributed by atoms with Crippen LogP contribution in [0.25, 0.3) is 0 Å². The van der Waals surface area contributed by atoms with E-state index in [0.29, 0.717) is 6.07 Å². The summed E-state index contributed by atoms with van der Waals surface area (Å²) in [6.45, 7) is 0. The monoisotopic (exact) mass is 306 g/mol. The topological polar surface area (TPSA) is 0 Å². The van der Waals surface area contributed by atoms with E-state index in [4.69, 9.17) is 0 Å². The van der Waals surface area contributed by atoms with Crippen molar-refractivity contribution in [1.29, 1.82) is 0 Å². The van der Waals surface area contributed by atoms with Gasteiger partial charge in [-0.15, -0.1) is 11.3 Å². The highest BCUT2D eigenvalue weighted by atomic mass is 79.9. The molecular weight excluding hydrogens is 301 g/mol. The van der Waals surface area contributed by atoms with E-state index in [1.54, 1.807) is 6.07 Å². The van der Waals surface area contributed by atoms with E-state index in [9.17, 15) is 13.2 Å². The molecule has 1 aromatic heterocycles. The van der Waals surface area contributed by atoms with E-state index in [1.807, 2.05) is 11.4 Å². The van der Waals surface area contributed by atoms with Crippen LogP contribution in [0.4, 0.5) is 13.2 Å². The molecule has 1 unspecified atom stereocenters. The van der Waals surface area contributed by atoms with Crippen molar-refractivity contribution in [2.45, 2.75) is 4.83 Å². The van der Waals surface area contributed by atoms with Crippen LogP contribution in [0, 0.1) is 17.5 Å². The standard InChI is InChI=1S/C11H6BrF3S/c12-11(10-2-1-3-16-10)6-4-8(14)9(15)5-7(6)13/h1-5,11H. The number of hydrogen-bond acceptors (Lipinski definition) is 1. The van der Waals surface area contributed by atoms with Crippen molar-refractivity contribution in [3.63, 3.8) is 0 Å². The van der Waals surface area contributed by atoms with E-state index in [1.165, 1.54) is 11.3 Å². The number of thiophene rings is 1. The fraction of sp³-hybridized carbons (Fsp3) is 0.0909. The van der Waals surface area contributed by atoms with Crippen molar-refractivity contribution in [2.75, 3.05) is 0 Å². The molecule has 2 rings (SSSR count). The Bertz CT molecular complexity index is 496. The van der Waals surface area contributed by atoms with Crippen molar-refractivity contribution in [2.24, 2.45) is 0 Å². The third-order valence-corrected chi connectivity index (χ3v) is 4.33. The smallest absolute Gasteiger partial charge is 0.161 e. The van der Waals surface area contributed by atoms with Gasteiger partial charge in [-0.05, 0) is 17.5 Å². The largest absolute Gasteiger partial charge is 0.207 e. The molecule has 0 saturated carbocycles. The van der Waals surface area contributed by atoms with Gasteiger partial charge >= 0.3 is 0 Å². The van der Waals surface area contributed by atoms with Crippen molar-refractivity contribution >= 4 is 27.3 Å². The molecule has 0 nitrogen and oxygen atoms in total. The van der Waals surface area contributed by atoms with Crippen LogP contribution in [0.1, 0.15) is 15.3 Å². The third kappa shape index (κ3) is 2.15. The third-order valence-electron chi connectivity index (χ3n) is 2.11. The molecule has 0 radical (unpaired) electrons. The summed E-state index contributed by atoms with van der Waals surface area (Å²) in [4.78, 5) is 0.382. The maximum absolute atomic E-state index is 13.4. The van der Waals surface area contributed by atoms with E-state index in [0.717, 1.165) is 10.9 Å².